The Balaban J connectivity index is 2.44. The Hall–Kier alpha value is -3.09. The summed E-state index contributed by atoms with van der Waals surface area (Å²) in [5, 5.41) is 11.1. The first-order chi connectivity index (χ1) is 9.88. The third-order valence-electron chi connectivity index (χ3n) is 2.86. The van der Waals surface area contributed by atoms with E-state index in [0.29, 0.717) is 11.4 Å². The summed E-state index contributed by atoms with van der Waals surface area (Å²) in [5.74, 6) is -0.273. The van der Waals surface area contributed by atoms with Crippen LogP contribution >= 0.6 is 0 Å². The molecule has 0 spiro atoms. The number of carbonyl (C=O) groups excluding carboxylic acids is 1. The molecule has 2 rings (SSSR count). The van der Waals surface area contributed by atoms with Crippen LogP contribution in [-0.2, 0) is 0 Å². The van der Waals surface area contributed by atoms with Crippen LogP contribution in [0.5, 0.6) is 11.5 Å². The summed E-state index contributed by atoms with van der Waals surface area (Å²) in [5.41, 5.74) is 11.8. The zero-order valence-electron chi connectivity index (χ0n) is 11.2. The number of aryl methyl sites for hydroxylation is 1. The standard InChI is InChI=1S/C14H13N3O4/c1-8-6-10(15)3-5-12(8)21-13-4-2-9(14(16)18)7-11(13)17(19)20/h2-7H,15H2,1H3,(H2,16,18). The number of nitrogens with zero attached hydrogens (tertiary/aromatic N) is 1. The van der Waals surface area contributed by atoms with E-state index in [1.54, 1.807) is 25.1 Å². The lowest BCUT2D eigenvalue weighted by Crippen LogP contribution is -2.11. The average Bonchev–Trinajstić information content (AvgIpc) is 2.41. The second kappa shape index (κ2) is 5.49. The zero-order valence-corrected chi connectivity index (χ0v) is 11.2. The number of rotatable bonds is 4. The van der Waals surface area contributed by atoms with Crippen LogP contribution in [0.2, 0.25) is 0 Å². The van der Waals surface area contributed by atoms with Gasteiger partial charge in [-0.2, -0.15) is 0 Å². The molecule has 0 heterocycles. The molecule has 0 fully saturated rings. The van der Waals surface area contributed by atoms with Crippen molar-refractivity contribution in [3.05, 3.63) is 57.6 Å². The first kappa shape index (κ1) is 14.3. The van der Waals surface area contributed by atoms with Crippen LogP contribution in [0.25, 0.3) is 0 Å². The first-order valence-electron chi connectivity index (χ1n) is 6.00. The Morgan fingerprint density at radius 1 is 1.19 bits per heavy atom. The Morgan fingerprint density at radius 3 is 2.43 bits per heavy atom. The summed E-state index contributed by atoms with van der Waals surface area (Å²) in [4.78, 5) is 21.5. The smallest absolute Gasteiger partial charge is 0.312 e. The van der Waals surface area contributed by atoms with Crippen molar-refractivity contribution in [2.75, 3.05) is 5.73 Å². The number of nitro groups is 1. The second-order valence-corrected chi connectivity index (χ2v) is 4.43. The maximum atomic E-state index is 11.1. The lowest BCUT2D eigenvalue weighted by Gasteiger charge is -2.10. The Morgan fingerprint density at radius 2 is 1.86 bits per heavy atom. The highest BCUT2D eigenvalue weighted by atomic mass is 16.6. The van der Waals surface area contributed by atoms with Gasteiger partial charge in [-0.1, -0.05) is 0 Å². The number of nitrogens with two attached hydrogens (primary N) is 2. The summed E-state index contributed by atoms with van der Waals surface area (Å²) >= 11 is 0. The van der Waals surface area contributed by atoms with Crippen LogP contribution < -0.4 is 16.2 Å². The van der Waals surface area contributed by atoms with Crippen molar-refractivity contribution in [3.63, 3.8) is 0 Å². The van der Waals surface area contributed by atoms with Crippen molar-refractivity contribution in [2.45, 2.75) is 6.92 Å². The quantitative estimate of drug-likeness (QED) is 0.508. The summed E-state index contributed by atoms with van der Waals surface area (Å²) in [6, 6.07) is 8.75. The molecule has 21 heavy (non-hydrogen) atoms. The number of hydrogen-bond donors (Lipinski definition) is 2. The minimum Gasteiger partial charge on any atom is -0.450 e. The molecule has 0 aromatic heterocycles. The van der Waals surface area contributed by atoms with E-state index in [4.69, 9.17) is 16.2 Å². The van der Waals surface area contributed by atoms with E-state index in [-0.39, 0.29) is 17.0 Å². The average molecular weight is 287 g/mol. The fourth-order valence-electron chi connectivity index (χ4n) is 1.81. The van der Waals surface area contributed by atoms with Crippen molar-refractivity contribution in [1.29, 1.82) is 0 Å². The van der Waals surface area contributed by atoms with Crippen LogP contribution in [0.1, 0.15) is 15.9 Å². The minimum absolute atomic E-state index is 0.0258. The maximum absolute atomic E-state index is 11.1. The monoisotopic (exact) mass is 287 g/mol. The molecular formula is C14H13N3O4. The SMILES string of the molecule is Cc1cc(N)ccc1Oc1ccc(C(N)=O)cc1[N+](=O)[O-]. The van der Waals surface area contributed by atoms with E-state index in [2.05, 4.69) is 0 Å². The summed E-state index contributed by atoms with van der Waals surface area (Å²) in [6.07, 6.45) is 0. The van der Waals surface area contributed by atoms with E-state index in [0.717, 1.165) is 11.6 Å². The Labute approximate surface area is 120 Å². The maximum Gasteiger partial charge on any atom is 0.312 e. The van der Waals surface area contributed by atoms with Gasteiger partial charge in [-0.15, -0.1) is 0 Å². The Bertz CT molecular complexity index is 728. The molecule has 0 unspecified atom stereocenters. The number of ether oxygens (including phenoxy) is 1. The van der Waals surface area contributed by atoms with Crippen molar-refractivity contribution < 1.29 is 14.5 Å². The Kier molecular flexibility index (Phi) is 3.75. The van der Waals surface area contributed by atoms with Gasteiger partial charge in [0.05, 0.1) is 4.92 Å². The second-order valence-electron chi connectivity index (χ2n) is 4.43. The number of nitro benzene ring substituents is 1. The van der Waals surface area contributed by atoms with E-state index in [9.17, 15) is 14.9 Å². The number of primary amides is 1. The van der Waals surface area contributed by atoms with Gasteiger partial charge in [0.1, 0.15) is 5.75 Å². The fourth-order valence-corrected chi connectivity index (χ4v) is 1.81. The number of anilines is 1. The molecule has 0 aliphatic heterocycles. The number of hydrogen-bond acceptors (Lipinski definition) is 5. The van der Waals surface area contributed by atoms with Crippen LogP contribution in [0.3, 0.4) is 0 Å². The van der Waals surface area contributed by atoms with Gasteiger partial charge < -0.3 is 16.2 Å². The molecule has 108 valence electrons. The number of carbonyl (C=O) groups is 1. The van der Waals surface area contributed by atoms with E-state index in [1.165, 1.54) is 12.1 Å². The lowest BCUT2D eigenvalue weighted by atomic mass is 10.1. The van der Waals surface area contributed by atoms with Crippen molar-refractivity contribution in [2.24, 2.45) is 5.73 Å². The molecule has 0 aliphatic carbocycles. The minimum atomic E-state index is -0.742. The van der Waals surface area contributed by atoms with Crippen LogP contribution in [0.15, 0.2) is 36.4 Å². The van der Waals surface area contributed by atoms with E-state index < -0.39 is 10.8 Å². The summed E-state index contributed by atoms with van der Waals surface area (Å²) in [6.45, 7) is 1.77. The van der Waals surface area contributed by atoms with Crippen molar-refractivity contribution in [3.8, 4) is 11.5 Å². The molecule has 4 N–H and O–H groups in total. The van der Waals surface area contributed by atoms with Gasteiger partial charge in [-0.05, 0) is 42.8 Å². The molecule has 7 nitrogen and oxygen atoms in total. The van der Waals surface area contributed by atoms with Crippen molar-refractivity contribution in [1.82, 2.24) is 0 Å². The zero-order chi connectivity index (χ0) is 15.6. The van der Waals surface area contributed by atoms with Gasteiger partial charge in [-0.25, -0.2) is 0 Å². The molecule has 0 aliphatic rings. The highest BCUT2D eigenvalue weighted by Gasteiger charge is 2.19. The summed E-state index contributed by atoms with van der Waals surface area (Å²) < 4.78 is 5.54. The molecule has 0 saturated carbocycles. The third-order valence-corrected chi connectivity index (χ3v) is 2.86. The predicted molar refractivity (Wildman–Crippen MR) is 77.3 cm³/mol. The summed E-state index contributed by atoms with van der Waals surface area (Å²) in [7, 11) is 0. The van der Waals surface area contributed by atoms with Gasteiger partial charge in [0.25, 0.3) is 0 Å². The lowest BCUT2D eigenvalue weighted by molar-refractivity contribution is -0.385. The third kappa shape index (κ3) is 3.08. The van der Waals surface area contributed by atoms with Gasteiger partial charge in [0, 0.05) is 17.3 Å². The number of nitrogen functional groups attached to an aromatic ring is 1. The highest BCUT2D eigenvalue weighted by molar-refractivity contribution is 5.93. The molecule has 0 radical (unpaired) electrons. The van der Waals surface area contributed by atoms with E-state index >= 15 is 0 Å². The predicted octanol–water partition coefficient (Wildman–Crippen LogP) is 2.38. The largest absolute Gasteiger partial charge is 0.450 e. The highest BCUT2D eigenvalue weighted by Crippen LogP contribution is 2.34. The molecule has 7 heteroatoms. The van der Waals surface area contributed by atoms with Gasteiger partial charge in [0.2, 0.25) is 11.7 Å². The molecule has 2 aromatic carbocycles. The fraction of sp³-hybridized carbons (Fsp3) is 0.0714. The molecule has 0 bridgehead atoms. The van der Waals surface area contributed by atoms with Crippen molar-refractivity contribution >= 4 is 17.3 Å². The van der Waals surface area contributed by atoms with Crippen LogP contribution in [0, 0.1) is 17.0 Å². The molecule has 2 aromatic rings. The van der Waals surface area contributed by atoms with Crippen LogP contribution in [0.4, 0.5) is 11.4 Å². The molecule has 0 atom stereocenters. The molecule has 1 amide bonds. The topological polar surface area (TPSA) is 121 Å². The number of amides is 1. The van der Waals surface area contributed by atoms with Gasteiger partial charge in [0.15, 0.2) is 0 Å². The van der Waals surface area contributed by atoms with Gasteiger partial charge in [-0.3, -0.25) is 14.9 Å². The first-order valence-corrected chi connectivity index (χ1v) is 6.00. The molecular weight excluding hydrogens is 274 g/mol. The number of benzene rings is 2. The van der Waals surface area contributed by atoms with Crippen LogP contribution in [-0.4, -0.2) is 10.8 Å². The van der Waals surface area contributed by atoms with Gasteiger partial charge >= 0.3 is 5.69 Å². The van der Waals surface area contributed by atoms with E-state index in [1.807, 2.05) is 0 Å². The normalized spacial score (nSPS) is 10.1. The molecule has 0 saturated heterocycles.